The molecule has 0 saturated carbocycles. The maximum Gasteiger partial charge on any atom is 0.259 e. The van der Waals surface area contributed by atoms with E-state index in [0.29, 0.717) is 35.1 Å². The van der Waals surface area contributed by atoms with Crippen LogP contribution in [-0.4, -0.2) is 58.8 Å². The van der Waals surface area contributed by atoms with Gasteiger partial charge in [-0.2, -0.15) is 0 Å². The van der Waals surface area contributed by atoms with Crippen LogP contribution in [0.25, 0.3) is 0 Å². The summed E-state index contributed by atoms with van der Waals surface area (Å²) >= 11 is 0. The summed E-state index contributed by atoms with van der Waals surface area (Å²) in [5.41, 5.74) is 17.0. The molecule has 2 heterocycles. The van der Waals surface area contributed by atoms with Crippen LogP contribution in [0, 0.1) is 5.92 Å². The third-order valence-corrected chi connectivity index (χ3v) is 7.34. The van der Waals surface area contributed by atoms with E-state index in [1.807, 2.05) is 64.1 Å². The molecule has 0 saturated heterocycles. The first-order chi connectivity index (χ1) is 19.2. The van der Waals surface area contributed by atoms with E-state index in [2.05, 4.69) is 26.4 Å². The molecule has 214 valence electrons. The molecular weight excluding hydrogens is 510 g/mol. The number of benzene rings is 1. The van der Waals surface area contributed by atoms with Crippen molar-refractivity contribution in [3.05, 3.63) is 75.8 Å². The first-order valence-corrected chi connectivity index (χ1v) is 13.5. The summed E-state index contributed by atoms with van der Waals surface area (Å²) in [4.78, 5) is 27.4. The summed E-state index contributed by atoms with van der Waals surface area (Å²) in [7, 11) is 1.56. The molecular formula is C29H39N7O4. The molecule has 4 rings (SSSR count). The number of amidine groups is 1. The second-order valence-electron chi connectivity index (χ2n) is 10.2. The Bertz CT molecular complexity index is 1330. The van der Waals surface area contributed by atoms with E-state index >= 15 is 0 Å². The van der Waals surface area contributed by atoms with Crippen LogP contribution in [0.2, 0.25) is 0 Å². The fourth-order valence-corrected chi connectivity index (χ4v) is 5.10. The van der Waals surface area contributed by atoms with Gasteiger partial charge in [0.05, 0.1) is 42.6 Å². The molecule has 1 aromatic rings. The van der Waals surface area contributed by atoms with E-state index in [4.69, 9.17) is 10.5 Å². The largest absolute Gasteiger partial charge is 0.496 e. The second kappa shape index (κ2) is 12.4. The number of aliphatic hydroxyl groups is 1. The zero-order valence-corrected chi connectivity index (χ0v) is 23.7. The molecule has 0 fully saturated rings. The topological polar surface area (TPSA) is 145 Å². The van der Waals surface area contributed by atoms with Gasteiger partial charge in [0.1, 0.15) is 5.75 Å². The van der Waals surface area contributed by atoms with Gasteiger partial charge in [-0.1, -0.05) is 25.2 Å². The Labute approximate surface area is 235 Å². The number of aliphatic hydroxyl groups excluding tert-OH is 1. The Morgan fingerprint density at radius 1 is 1.38 bits per heavy atom. The number of ketones is 1. The molecule has 0 aromatic heterocycles. The molecule has 2 unspecified atom stereocenters. The summed E-state index contributed by atoms with van der Waals surface area (Å²) in [6.07, 6.45) is 9.18. The van der Waals surface area contributed by atoms with E-state index in [1.165, 1.54) is 0 Å². The molecule has 0 bridgehead atoms. The van der Waals surface area contributed by atoms with Crippen molar-refractivity contribution in [1.82, 2.24) is 26.3 Å². The van der Waals surface area contributed by atoms with Crippen LogP contribution in [0.3, 0.4) is 0 Å². The third kappa shape index (κ3) is 5.75. The maximum atomic E-state index is 13.3. The number of methoxy groups -OCH3 is 1. The molecule has 3 aliphatic rings. The number of nitrogens with zero attached hydrogens (tertiary/aromatic N) is 3. The number of carbonyl (C=O) groups is 2. The summed E-state index contributed by atoms with van der Waals surface area (Å²) in [6, 6.07) is 3.63. The standard InChI is InChI=1S/C29H39N7O4/c1-6-8-20(28-32-33-34-36(28)18(3)16-37)10-7-9-17(2)31-29(39)23-13-22-15-35(26-19(4)27(38)25(26)30)12-11-21(22)14-24(23)40-5/h7-10,13-14,18-19,33-34,37H,6,11-12,15-16,30H2,1-5H3,(H,31,39)/b10-7-,17-9+,20-8-. The molecule has 1 aliphatic carbocycles. The normalized spacial score (nSPS) is 20.3. The van der Waals surface area contributed by atoms with E-state index in [1.54, 1.807) is 12.1 Å². The summed E-state index contributed by atoms with van der Waals surface area (Å²) in [5, 5.41) is 18.6. The van der Waals surface area contributed by atoms with Gasteiger partial charge in [0.15, 0.2) is 11.6 Å². The first kappa shape index (κ1) is 28.9. The Hall–Kier alpha value is -4.09. The number of allylic oxidation sites excluding steroid dienone is 6. The van der Waals surface area contributed by atoms with Crippen molar-refractivity contribution in [2.24, 2.45) is 16.8 Å². The predicted octanol–water partition coefficient (Wildman–Crippen LogP) is 1.99. The van der Waals surface area contributed by atoms with Crippen LogP contribution in [0.1, 0.15) is 55.6 Å². The smallest absolute Gasteiger partial charge is 0.259 e. The summed E-state index contributed by atoms with van der Waals surface area (Å²) in [6.45, 7) is 8.92. The second-order valence-corrected chi connectivity index (χ2v) is 10.2. The van der Waals surface area contributed by atoms with Crippen molar-refractivity contribution in [3.8, 4) is 5.75 Å². The van der Waals surface area contributed by atoms with Crippen LogP contribution < -0.4 is 26.9 Å². The molecule has 1 amide bonds. The van der Waals surface area contributed by atoms with E-state index in [9.17, 15) is 14.7 Å². The zero-order chi connectivity index (χ0) is 29.0. The molecule has 11 heteroatoms. The van der Waals surface area contributed by atoms with Gasteiger partial charge in [0.2, 0.25) is 0 Å². The van der Waals surface area contributed by atoms with Gasteiger partial charge in [0.25, 0.3) is 5.91 Å². The number of hydrazone groups is 1. The predicted molar refractivity (Wildman–Crippen MR) is 153 cm³/mol. The molecule has 11 nitrogen and oxygen atoms in total. The van der Waals surface area contributed by atoms with Gasteiger partial charge in [-0.25, -0.2) is 5.53 Å². The van der Waals surface area contributed by atoms with E-state index in [-0.39, 0.29) is 30.3 Å². The number of ether oxygens (including phenoxy) is 1. The Kier molecular flexibility index (Phi) is 8.96. The fourth-order valence-electron chi connectivity index (χ4n) is 5.10. The highest BCUT2D eigenvalue weighted by molar-refractivity contribution is 6.05. The van der Waals surface area contributed by atoms with Crippen molar-refractivity contribution in [2.45, 2.75) is 53.1 Å². The number of amides is 1. The van der Waals surface area contributed by atoms with Gasteiger partial charge >= 0.3 is 0 Å². The molecule has 6 N–H and O–H groups in total. The average molecular weight is 550 g/mol. The van der Waals surface area contributed by atoms with Gasteiger partial charge in [-0.3, -0.25) is 14.6 Å². The highest BCUT2D eigenvalue weighted by atomic mass is 16.5. The monoisotopic (exact) mass is 549 g/mol. The average Bonchev–Trinajstić information content (AvgIpc) is 3.45. The highest BCUT2D eigenvalue weighted by Crippen LogP contribution is 2.35. The number of carbonyl (C=O) groups excluding carboxylic acids is 2. The minimum atomic E-state index is -0.273. The number of hydrogen-bond donors (Lipinski definition) is 5. The first-order valence-electron chi connectivity index (χ1n) is 13.5. The molecule has 40 heavy (non-hydrogen) atoms. The lowest BCUT2D eigenvalue weighted by Gasteiger charge is -2.40. The maximum absolute atomic E-state index is 13.3. The van der Waals surface area contributed by atoms with Gasteiger partial charge in [0, 0.05) is 24.4 Å². The third-order valence-electron chi connectivity index (χ3n) is 7.34. The lowest BCUT2D eigenvalue weighted by Crippen LogP contribution is -2.48. The number of hydrazine groups is 2. The van der Waals surface area contributed by atoms with Crippen LogP contribution in [0.5, 0.6) is 5.75 Å². The van der Waals surface area contributed by atoms with Crippen LogP contribution in [0.4, 0.5) is 0 Å². The van der Waals surface area contributed by atoms with Gasteiger partial charge in [-0.05, 0) is 62.9 Å². The molecule has 0 spiro atoms. The molecule has 0 radical (unpaired) electrons. The number of nitrogens with one attached hydrogen (secondary N) is 3. The van der Waals surface area contributed by atoms with Crippen molar-refractivity contribution in [2.75, 3.05) is 20.3 Å². The Morgan fingerprint density at radius 3 is 2.83 bits per heavy atom. The lowest BCUT2D eigenvalue weighted by atomic mass is 9.84. The van der Waals surface area contributed by atoms with Crippen molar-refractivity contribution >= 4 is 17.5 Å². The van der Waals surface area contributed by atoms with Crippen molar-refractivity contribution in [3.63, 3.8) is 0 Å². The SMILES string of the molecule is CC/C=C(/C=C\C=C(/C)NC(=O)c1cc2c(cc1OC)CCN(C1=C(N)C(=O)C1C)C2)C1=NNNN1C(C)CO. The Balaban J connectivity index is 1.48. The number of fused-ring (bicyclic) bond motifs is 1. The molecule has 1 aromatic carbocycles. The summed E-state index contributed by atoms with van der Waals surface area (Å²) in [5.74, 6) is 0.715. The minimum absolute atomic E-state index is 0.00850. The molecule has 2 atom stereocenters. The number of nitrogens with two attached hydrogens (primary N) is 1. The van der Waals surface area contributed by atoms with E-state index < -0.39 is 0 Å². The highest BCUT2D eigenvalue weighted by Gasteiger charge is 2.38. The minimum Gasteiger partial charge on any atom is -0.496 e. The number of rotatable bonds is 10. The Morgan fingerprint density at radius 2 is 2.15 bits per heavy atom. The summed E-state index contributed by atoms with van der Waals surface area (Å²) < 4.78 is 5.57. The van der Waals surface area contributed by atoms with Gasteiger partial charge < -0.3 is 25.8 Å². The lowest BCUT2D eigenvalue weighted by molar-refractivity contribution is -0.121. The zero-order valence-electron chi connectivity index (χ0n) is 23.7. The number of hydrogen-bond acceptors (Lipinski definition) is 10. The van der Waals surface area contributed by atoms with Crippen molar-refractivity contribution in [1.29, 1.82) is 0 Å². The van der Waals surface area contributed by atoms with Crippen LogP contribution >= 0.6 is 0 Å². The van der Waals surface area contributed by atoms with Gasteiger partial charge in [-0.15, -0.1) is 10.6 Å². The number of Topliss-reactive ketones (excluding diaryl/α,β-unsaturated/α-hetero) is 1. The quantitative estimate of drug-likeness (QED) is 0.277. The van der Waals surface area contributed by atoms with Crippen LogP contribution in [0.15, 0.2) is 64.2 Å². The van der Waals surface area contributed by atoms with E-state index in [0.717, 1.165) is 41.8 Å². The van der Waals surface area contributed by atoms with Crippen LogP contribution in [-0.2, 0) is 17.8 Å². The fraction of sp³-hybridized carbons (Fsp3) is 0.414. The van der Waals surface area contributed by atoms with Crippen molar-refractivity contribution < 1.29 is 19.4 Å². The molecule has 2 aliphatic heterocycles.